The minimum absolute atomic E-state index is 0.0434. The van der Waals surface area contributed by atoms with Crippen LogP contribution in [0.4, 0.5) is 11.4 Å². The van der Waals surface area contributed by atoms with Crippen LogP contribution in [0.25, 0.3) is 0 Å². The molecular weight excluding hydrogens is 270 g/mol. The summed E-state index contributed by atoms with van der Waals surface area (Å²) in [5.41, 5.74) is 9.47. The first-order chi connectivity index (χ1) is 9.56. The predicted octanol–water partition coefficient (Wildman–Crippen LogP) is 3.01. The number of hydrogen-bond donors (Lipinski definition) is 2. The van der Waals surface area contributed by atoms with Crippen LogP contribution in [0, 0.1) is 13.8 Å². The Bertz CT molecular complexity index is 628. The molecule has 1 amide bonds. The number of nitrogens with two attached hydrogens (primary N) is 1. The number of carbonyl (C=O) groups is 1. The number of aryl methyl sites for hydroxylation is 2. The lowest BCUT2D eigenvalue weighted by atomic mass is 10.1. The summed E-state index contributed by atoms with van der Waals surface area (Å²) >= 11 is 1.41. The molecule has 0 saturated carbocycles. The van der Waals surface area contributed by atoms with E-state index < -0.39 is 0 Å². The van der Waals surface area contributed by atoms with Crippen LogP contribution in [-0.4, -0.2) is 16.6 Å². The summed E-state index contributed by atoms with van der Waals surface area (Å²) in [6.45, 7) is 4.01. The molecule has 0 saturated heterocycles. The van der Waals surface area contributed by atoms with Crippen LogP contribution >= 0.6 is 11.8 Å². The Morgan fingerprint density at radius 3 is 2.85 bits per heavy atom. The van der Waals surface area contributed by atoms with Gasteiger partial charge in [0, 0.05) is 16.8 Å². The van der Waals surface area contributed by atoms with E-state index in [-0.39, 0.29) is 5.91 Å². The van der Waals surface area contributed by atoms with Crippen molar-refractivity contribution in [3.8, 4) is 0 Å². The van der Waals surface area contributed by atoms with E-state index >= 15 is 0 Å². The minimum atomic E-state index is -0.0434. The van der Waals surface area contributed by atoms with Gasteiger partial charge in [0.05, 0.1) is 17.6 Å². The van der Waals surface area contributed by atoms with Crippen molar-refractivity contribution in [2.75, 3.05) is 16.8 Å². The Morgan fingerprint density at radius 1 is 1.35 bits per heavy atom. The van der Waals surface area contributed by atoms with Gasteiger partial charge < -0.3 is 11.1 Å². The molecule has 0 spiro atoms. The lowest BCUT2D eigenvalue weighted by Gasteiger charge is -2.09. The van der Waals surface area contributed by atoms with Crippen molar-refractivity contribution in [1.29, 1.82) is 0 Å². The van der Waals surface area contributed by atoms with Crippen LogP contribution in [0.2, 0.25) is 0 Å². The maximum atomic E-state index is 11.9. The third kappa shape index (κ3) is 3.74. The summed E-state index contributed by atoms with van der Waals surface area (Å²) in [6, 6.07) is 7.76. The van der Waals surface area contributed by atoms with Crippen molar-refractivity contribution in [3.05, 3.63) is 47.8 Å². The standard InChI is InChI=1S/C15H17N3OS/c1-10-3-4-13(11(2)7-10)18-15(19)9-20-14-5-6-17-8-12(14)16/h3-8H,9,16H2,1-2H3,(H,18,19). The van der Waals surface area contributed by atoms with E-state index in [2.05, 4.69) is 10.3 Å². The van der Waals surface area contributed by atoms with E-state index in [9.17, 15) is 4.79 Å². The average Bonchev–Trinajstić information content (AvgIpc) is 2.41. The molecule has 5 heteroatoms. The maximum Gasteiger partial charge on any atom is 0.234 e. The molecule has 2 aromatic rings. The number of nitrogens with one attached hydrogen (secondary N) is 1. The van der Waals surface area contributed by atoms with Crippen LogP contribution in [0.1, 0.15) is 11.1 Å². The number of pyridine rings is 1. The first-order valence-corrected chi connectivity index (χ1v) is 7.24. The molecule has 0 bridgehead atoms. The van der Waals surface area contributed by atoms with E-state index in [1.54, 1.807) is 12.4 Å². The largest absolute Gasteiger partial charge is 0.397 e. The summed E-state index contributed by atoms with van der Waals surface area (Å²) in [6.07, 6.45) is 3.26. The van der Waals surface area contributed by atoms with Gasteiger partial charge in [0.25, 0.3) is 0 Å². The van der Waals surface area contributed by atoms with E-state index in [0.717, 1.165) is 16.1 Å². The van der Waals surface area contributed by atoms with Crippen molar-refractivity contribution in [3.63, 3.8) is 0 Å². The molecule has 0 aliphatic rings. The van der Waals surface area contributed by atoms with E-state index in [1.807, 2.05) is 38.1 Å². The quantitative estimate of drug-likeness (QED) is 0.848. The molecule has 4 nitrogen and oxygen atoms in total. The van der Waals surface area contributed by atoms with Crippen LogP contribution in [0.5, 0.6) is 0 Å². The first kappa shape index (κ1) is 14.4. The zero-order chi connectivity index (χ0) is 14.5. The molecule has 104 valence electrons. The van der Waals surface area contributed by atoms with Crippen molar-refractivity contribution in [2.45, 2.75) is 18.7 Å². The summed E-state index contributed by atoms with van der Waals surface area (Å²) in [5.74, 6) is 0.278. The third-order valence-electron chi connectivity index (χ3n) is 2.82. The summed E-state index contributed by atoms with van der Waals surface area (Å²) < 4.78 is 0. The normalized spacial score (nSPS) is 10.3. The fourth-order valence-corrected chi connectivity index (χ4v) is 2.54. The molecule has 20 heavy (non-hydrogen) atoms. The predicted molar refractivity (Wildman–Crippen MR) is 83.9 cm³/mol. The van der Waals surface area contributed by atoms with Gasteiger partial charge in [-0.25, -0.2) is 0 Å². The zero-order valence-electron chi connectivity index (χ0n) is 11.5. The van der Waals surface area contributed by atoms with Crippen molar-refractivity contribution in [1.82, 2.24) is 4.98 Å². The SMILES string of the molecule is Cc1ccc(NC(=O)CSc2ccncc2N)c(C)c1. The molecule has 0 unspecified atom stereocenters. The van der Waals surface area contributed by atoms with Gasteiger partial charge in [-0.3, -0.25) is 9.78 Å². The lowest BCUT2D eigenvalue weighted by molar-refractivity contribution is -0.113. The van der Waals surface area contributed by atoms with Crippen LogP contribution in [0.15, 0.2) is 41.6 Å². The summed E-state index contributed by atoms with van der Waals surface area (Å²) in [4.78, 5) is 16.7. The van der Waals surface area contributed by atoms with Gasteiger partial charge in [-0.05, 0) is 31.5 Å². The molecule has 2 rings (SSSR count). The van der Waals surface area contributed by atoms with Gasteiger partial charge in [-0.15, -0.1) is 11.8 Å². The number of nitrogens with zero attached hydrogens (tertiary/aromatic N) is 1. The van der Waals surface area contributed by atoms with Crippen molar-refractivity contribution < 1.29 is 4.79 Å². The van der Waals surface area contributed by atoms with Gasteiger partial charge in [-0.1, -0.05) is 17.7 Å². The van der Waals surface area contributed by atoms with E-state index in [0.29, 0.717) is 11.4 Å². The summed E-state index contributed by atoms with van der Waals surface area (Å²) in [7, 11) is 0. The number of hydrogen-bond acceptors (Lipinski definition) is 4. The highest BCUT2D eigenvalue weighted by Gasteiger charge is 2.07. The molecular formula is C15H17N3OS. The van der Waals surface area contributed by atoms with E-state index in [4.69, 9.17) is 5.73 Å². The van der Waals surface area contributed by atoms with Crippen LogP contribution in [0.3, 0.4) is 0 Å². The smallest absolute Gasteiger partial charge is 0.234 e. The molecule has 1 aromatic carbocycles. The second kappa shape index (κ2) is 6.43. The number of amides is 1. The fourth-order valence-electron chi connectivity index (χ4n) is 1.81. The van der Waals surface area contributed by atoms with Crippen LogP contribution < -0.4 is 11.1 Å². The molecule has 0 radical (unpaired) electrons. The van der Waals surface area contributed by atoms with Crippen molar-refractivity contribution in [2.24, 2.45) is 0 Å². The summed E-state index contributed by atoms with van der Waals surface area (Å²) in [5, 5.41) is 2.91. The molecule has 0 fully saturated rings. The number of nitrogen functional groups attached to an aromatic ring is 1. The Morgan fingerprint density at radius 2 is 2.15 bits per heavy atom. The van der Waals surface area contributed by atoms with Gasteiger partial charge >= 0.3 is 0 Å². The highest BCUT2D eigenvalue weighted by Crippen LogP contribution is 2.24. The third-order valence-corrected chi connectivity index (χ3v) is 3.91. The van der Waals surface area contributed by atoms with Gasteiger partial charge in [-0.2, -0.15) is 0 Å². The molecule has 0 aliphatic carbocycles. The van der Waals surface area contributed by atoms with Gasteiger partial charge in [0.1, 0.15) is 0 Å². The van der Waals surface area contributed by atoms with Gasteiger partial charge in [0.2, 0.25) is 5.91 Å². The Balaban J connectivity index is 1.94. The topological polar surface area (TPSA) is 68.0 Å². The number of anilines is 2. The van der Waals surface area contributed by atoms with E-state index in [1.165, 1.54) is 17.3 Å². The number of benzene rings is 1. The number of carbonyl (C=O) groups excluding carboxylic acids is 1. The molecule has 1 aromatic heterocycles. The monoisotopic (exact) mass is 287 g/mol. The second-order valence-electron chi connectivity index (χ2n) is 4.57. The van der Waals surface area contributed by atoms with Crippen molar-refractivity contribution >= 4 is 29.0 Å². The zero-order valence-corrected chi connectivity index (χ0v) is 12.3. The number of aromatic nitrogens is 1. The Kier molecular flexibility index (Phi) is 4.63. The maximum absolute atomic E-state index is 11.9. The average molecular weight is 287 g/mol. The molecule has 3 N–H and O–H groups in total. The Labute approximate surface area is 122 Å². The highest BCUT2D eigenvalue weighted by molar-refractivity contribution is 8.00. The first-order valence-electron chi connectivity index (χ1n) is 6.25. The molecule has 0 aliphatic heterocycles. The second-order valence-corrected chi connectivity index (χ2v) is 5.59. The lowest BCUT2D eigenvalue weighted by Crippen LogP contribution is -2.15. The molecule has 1 heterocycles. The molecule has 0 atom stereocenters. The highest BCUT2D eigenvalue weighted by atomic mass is 32.2. The van der Waals surface area contributed by atoms with Gasteiger partial charge in [0.15, 0.2) is 0 Å². The van der Waals surface area contributed by atoms with Crippen LogP contribution in [-0.2, 0) is 4.79 Å². The fraction of sp³-hybridized carbons (Fsp3) is 0.200. The number of thioether (sulfide) groups is 1. The Hall–Kier alpha value is -2.01. The minimum Gasteiger partial charge on any atom is -0.397 e. The number of rotatable bonds is 4.